The zero-order chi connectivity index (χ0) is 10.7. The van der Waals surface area contributed by atoms with E-state index in [1.807, 2.05) is 0 Å². The van der Waals surface area contributed by atoms with Gasteiger partial charge in [-0.25, -0.2) is 4.98 Å². The molecule has 1 fully saturated rings. The molecule has 1 saturated heterocycles. The SMILES string of the molecule is CC1CCCN(Cc2nc(CBr)cs2)C1. The van der Waals surface area contributed by atoms with E-state index < -0.39 is 0 Å². The summed E-state index contributed by atoms with van der Waals surface area (Å²) in [7, 11) is 0. The second-order valence-corrected chi connectivity index (χ2v) is 5.85. The van der Waals surface area contributed by atoms with Gasteiger partial charge in [0, 0.05) is 17.3 Å². The summed E-state index contributed by atoms with van der Waals surface area (Å²) < 4.78 is 0. The van der Waals surface area contributed by atoms with Crippen LogP contribution in [0.5, 0.6) is 0 Å². The molecule has 1 aliphatic rings. The summed E-state index contributed by atoms with van der Waals surface area (Å²) >= 11 is 5.22. The normalized spacial score (nSPS) is 23.2. The van der Waals surface area contributed by atoms with Crippen molar-refractivity contribution in [2.75, 3.05) is 13.1 Å². The third kappa shape index (κ3) is 3.26. The van der Waals surface area contributed by atoms with Crippen molar-refractivity contribution in [3.63, 3.8) is 0 Å². The molecule has 1 aliphatic heterocycles. The highest BCUT2D eigenvalue weighted by Gasteiger charge is 2.17. The molecular weight excluding hydrogens is 272 g/mol. The van der Waals surface area contributed by atoms with Crippen LogP contribution in [0.3, 0.4) is 0 Å². The van der Waals surface area contributed by atoms with Crippen molar-refractivity contribution in [1.82, 2.24) is 9.88 Å². The second kappa shape index (κ2) is 5.41. The maximum atomic E-state index is 4.58. The summed E-state index contributed by atoms with van der Waals surface area (Å²) in [5.41, 5.74) is 1.17. The summed E-state index contributed by atoms with van der Waals surface area (Å²) in [5.74, 6) is 0.856. The van der Waals surface area contributed by atoms with Crippen molar-refractivity contribution in [3.05, 3.63) is 16.1 Å². The Morgan fingerprint density at radius 1 is 1.67 bits per heavy atom. The molecule has 1 aromatic heterocycles. The standard InChI is InChI=1S/C11H17BrN2S/c1-9-3-2-4-14(6-9)7-11-13-10(5-12)8-15-11/h8-9H,2-7H2,1H3. The molecule has 2 rings (SSSR count). The Morgan fingerprint density at radius 3 is 3.20 bits per heavy atom. The van der Waals surface area contributed by atoms with Crippen LogP contribution < -0.4 is 0 Å². The van der Waals surface area contributed by atoms with Gasteiger partial charge in [-0.2, -0.15) is 0 Å². The first kappa shape index (κ1) is 11.6. The number of hydrogen-bond donors (Lipinski definition) is 0. The summed E-state index contributed by atoms with van der Waals surface area (Å²) in [6, 6.07) is 0. The quantitative estimate of drug-likeness (QED) is 0.794. The van der Waals surface area contributed by atoms with Gasteiger partial charge in [-0.3, -0.25) is 4.90 Å². The molecule has 1 aromatic rings. The lowest BCUT2D eigenvalue weighted by Gasteiger charge is -2.29. The van der Waals surface area contributed by atoms with E-state index in [0.29, 0.717) is 0 Å². The van der Waals surface area contributed by atoms with Gasteiger partial charge in [-0.15, -0.1) is 11.3 Å². The van der Waals surface area contributed by atoms with Crippen molar-refractivity contribution >= 4 is 27.3 Å². The van der Waals surface area contributed by atoms with Crippen molar-refractivity contribution in [2.24, 2.45) is 5.92 Å². The van der Waals surface area contributed by atoms with Gasteiger partial charge in [0.05, 0.1) is 12.2 Å². The largest absolute Gasteiger partial charge is 0.296 e. The van der Waals surface area contributed by atoms with Crippen LogP contribution in [0.1, 0.15) is 30.5 Å². The van der Waals surface area contributed by atoms with Gasteiger partial charge in [0.2, 0.25) is 0 Å². The van der Waals surface area contributed by atoms with Crippen LogP contribution in [-0.2, 0) is 11.9 Å². The monoisotopic (exact) mass is 288 g/mol. The molecule has 1 atom stereocenters. The van der Waals surface area contributed by atoms with Crippen LogP contribution in [0, 0.1) is 5.92 Å². The first-order chi connectivity index (χ1) is 7.28. The van der Waals surface area contributed by atoms with Gasteiger partial charge in [-0.05, 0) is 25.3 Å². The molecule has 0 aliphatic carbocycles. The summed E-state index contributed by atoms with van der Waals surface area (Å²) in [5, 5.41) is 4.29. The molecule has 0 saturated carbocycles. The zero-order valence-corrected chi connectivity index (χ0v) is 11.5. The van der Waals surface area contributed by atoms with Crippen LogP contribution in [0.15, 0.2) is 5.38 Å². The highest BCUT2D eigenvalue weighted by atomic mass is 79.9. The lowest BCUT2D eigenvalue weighted by atomic mass is 10.0. The molecule has 0 radical (unpaired) electrons. The predicted molar refractivity (Wildman–Crippen MR) is 68.4 cm³/mol. The molecule has 84 valence electrons. The molecule has 4 heteroatoms. The average molecular weight is 289 g/mol. The van der Waals surface area contributed by atoms with E-state index in [0.717, 1.165) is 17.8 Å². The fourth-order valence-corrected chi connectivity index (χ4v) is 3.44. The molecule has 1 unspecified atom stereocenters. The summed E-state index contributed by atoms with van der Waals surface area (Å²) in [6.45, 7) is 5.87. The third-order valence-corrected chi connectivity index (χ3v) is 4.29. The Bertz CT molecular complexity index is 313. The number of halogens is 1. The minimum Gasteiger partial charge on any atom is -0.296 e. The number of aromatic nitrogens is 1. The number of nitrogens with zero attached hydrogens (tertiary/aromatic N) is 2. The molecule has 0 bridgehead atoms. The molecule has 0 N–H and O–H groups in total. The second-order valence-electron chi connectivity index (χ2n) is 4.35. The molecular formula is C11H17BrN2S. The molecule has 0 amide bonds. The van der Waals surface area contributed by atoms with E-state index in [9.17, 15) is 0 Å². The maximum Gasteiger partial charge on any atom is 0.107 e. The van der Waals surface area contributed by atoms with Crippen molar-refractivity contribution in [3.8, 4) is 0 Å². The van der Waals surface area contributed by atoms with Crippen LogP contribution in [0.2, 0.25) is 0 Å². The highest BCUT2D eigenvalue weighted by molar-refractivity contribution is 9.08. The Balaban J connectivity index is 1.90. The number of rotatable bonds is 3. The van der Waals surface area contributed by atoms with Crippen LogP contribution in [-0.4, -0.2) is 23.0 Å². The van der Waals surface area contributed by atoms with E-state index in [-0.39, 0.29) is 0 Å². The first-order valence-corrected chi connectivity index (χ1v) is 7.49. The number of likely N-dealkylation sites (tertiary alicyclic amines) is 1. The van der Waals surface area contributed by atoms with Crippen LogP contribution in [0.4, 0.5) is 0 Å². The first-order valence-electron chi connectivity index (χ1n) is 5.49. The Hall–Kier alpha value is 0.0700. The molecule has 15 heavy (non-hydrogen) atoms. The Morgan fingerprint density at radius 2 is 2.53 bits per heavy atom. The molecule has 0 spiro atoms. The number of piperidine rings is 1. The Kier molecular flexibility index (Phi) is 4.17. The fraction of sp³-hybridized carbons (Fsp3) is 0.727. The zero-order valence-electron chi connectivity index (χ0n) is 9.08. The number of alkyl halides is 1. The maximum absolute atomic E-state index is 4.58. The van der Waals surface area contributed by atoms with Gasteiger partial charge in [-0.1, -0.05) is 22.9 Å². The van der Waals surface area contributed by atoms with Crippen molar-refractivity contribution in [2.45, 2.75) is 31.6 Å². The van der Waals surface area contributed by atoms with Gasteiger partial charge in [0.1, 0.15) is 5.01 Å². The number of hydrogen-bond acceptors (Lipinski definition) is 3. The lowest BCUT2D eigenvalue weighted by Crippen LogP contribution is -2.33. The van der Waals surface area contributed by atoms with E-state index in [2.05, 4.69) is 38.1 Å². The van der Waals surface area contributed by atoms with Gasteiger partial charge >= 0.3 is 0 Å². The topological polar surface area (TPSA) is 16.1 Å². The van der Waals surface area contributed by atoms with Crippen LogP contribution in [0.25, 0.3) is 0 Å². The van der Waals surface area contributed by atoms with E-state index >= 15 is 0 Å². The summed E-state index contributed by atoms with van der Waals surface area (Å²) in [4.78, 5) is 7.11. The van der Waals surface area contributed by atoms with Crippen molar-refractivity contribution < 1.29 is 0 Å². The minimum atomic E-state index is 0.856. The van der Waals surface area contributed by atoms with Crippen LogP contribution >= 0.6 is 27.3 Å². The molecule has 2 nitrogen and oxygen atoms in total. The van der Waals surface area contributed by atoms with E-state index in [1.54, 1.807) is 11.3 Å². The summed E-state index contributed by atoms with van der Waals surface area (Å²) in [6.07, 6.45) is 2.73. The third-order valence-electron chi connectivity index (χ3n) is 2.84. The average Bonchev–Trinajstić information content (AvgIpc) is 2.65. The minimum absolute atomic E-state index is 0.856. The fourth-order valence-electron chi connectivity index (χ4n) is 2.10. The lowest BCUT2D eigenvalue weighted by molar-refractivity contribution is 0.176. The smallest absolute Gasteiger partial charge is 0.107 e. The van der Waals surface area contributed by atoms with Gasteiger partial charge < -0.3 is 0 Å². The Labute approximate surface area is 104 Å². The van der Waals surface area contributed by atoms with E-state index in [1.165, 1.54) is 36.6 Å². The predicted octanol–water partition coefficient (Wildman–Crippen LogP) is 3.27. The van der Waals surface area contributed by atoms with Gasteiger partial charge in [0.15, 0.2) is 0 Å². The van der Waals surface area contributed by atoms with Crippen molar-refractivity contribution in [1.29, 1.82) is 0 Å². The highest BCUT2D eigenvalue weighted by Crippen LogP contribution is 2.20. The molecule has 2 heterocycles. The van der Waals surface area contributed by atoms with E-state index in [4.69, 9.17) is 0 Å². The van der Waals surface area contributed by atoms with Gasteiger partial charge in [0.25, 0.3) is 0 Å². The molecule has 0 aromatic carbocycles. The number of thiazole rings is 1.